The summed E-state index contributed by atoms with van der Waals surface area (Å²) in [6.45, 7) is 26.7. The van der Waals surface area contributed by atoms with Crippen LogP contribution in [0.15, 0.2) is 42.6 Å². The molecular weight excluding hydrogens is 829 g/mol. The van der Waals surface area contributed by atoms with Crippen molar-refractivity contribution in [3.63, 3.8) is 0 Å². The lowest BCUT2D eigenvalue weighted by Crippen LogP contribution is -2.67. The van der Waals surface area contributed by atoms with Crippen molar-refractivity contribution in [2.75, 3.05) is 13.2 Å². The highest BCUT2D eigenvalue weighted by molar-refractivity contribution is 5.85. The number of likely N-dealkylation sites (tertiary alicyclic amines) is 1. The summed E-state index contributed by atoms with van der Waals surface area (Å²) in [4.78, 5) is 64.0. The Bertz CT molecular complexity index is 2250. The molecule has 11 heteroatoms. The number of nitrogens with one attached hydrogen (secondary N) is 1. The zero-order chi connectivity index (χ0) is 47.4. The molecule has 0 unspecified atom stereocenters. The van der Waals surface area contributed by atoms with Crippen molar-refractivity contribution >= 4 is 23.5 Å². The number of unbranched alkanes of at least 4 members (excludes halogenated alkanes) is 1. The number of esters is 2. The Hall–Kier alpha value is -4.02. The number of imidazole rings is 1. The summed E-state index contributed by atoms with van der Waals surface area (Å²) in [6, 6.07) is 6.41. The average molecular weight is 907 g/mol. The Kier molecular flexibility index (Phi) is 11.8. The zero-order valence-corrected chi connectivity index (χ0v) is 41.5. The third kappa shape index (κ3) is 6.97. The number of hydrogen-bond acceptors (Lipinski definition) is 8. The Morgan fingerprint density at radius 1 is 0.864 bits per heavy atom. The fourth-order valence-corrected chi connectivity index (χ4v) is 17.1. The van der Waals surface area contributed by atoms with E-state index in [-0.39, 0.29) is 74.1 Å². The van der Waals surface area contributed by atoms with Crippen LogP contribution in [0.25, 0.3) is 11.3 Å². The normalized spacial score (nSPS) is 39.6. The zero-order valence-electron chi connectivity index (χ0n) is 41.5. The fraction of sp³-hybridized carbons (Fsp3) is 0.745. The molecule has 1 aromatic carbocycles. The van der Waals surface area contributed by atoms with Gasteiger partial charge in [0.2, 0.25) is 5.91 Å². The van der Waals surface area contributed by atoms with Gasteiger partial charge in [0, 0.05) is 29.7 Å². The van der Waals surface area contributed by atoms with E-state index in [0.29, 0.717) is 42.6 Å². The van der Waals surface area contributed by atoms with Crippen LogP contribution in [0.1, 0.15) is 170 Å². The van der Waals surface area contributed by atoms with E-state index < -0.39 is 10.8 Å². The van der Waals surface area contributed by atoms with E-state index in [1.165, 1.54) is 17.7 Å². The van der Waals surface area contributed by atoms with Gasteiger partial charge in [0.15, 0.2) is 0 Å². The number of allylic oxidation sites excluding steroid dienone is 1. The van der Waals surface area contributed by atoms with E-state index in [9.17, 15) is 19.7 Å². The molecule has 0 radical (unpaired) electrons. The van der Waals surface area contributed by atoms with Gasteiger partial charge in [0.25, 0.3) is 5.69 Å². The number of nitrogens with zero attached hydrogens (tertiary/aromatic N) is 3. The van der Waals surface area contributed by atoms with Gasteiger partial charge in [-0.25, -0.2) is 4.98 Å². The van der Waals surface area contributed by atoms with Gasteiger partial charge < -0.3 is 19.4 Å². The number of carbonyl (C=O) groups excluding carboxylic acids is 3. The molecule has 1 aromatic heterocycles. The number of ether oxygens (including phenoxy) is 2. The highest BCUT2D eigenvalue weighted by Gasteiger charge is 2.72. The molecule has 7 fully saturated rings. The Morgan fingerprint density at radius 3 is 2.27 bits per heavy atom. The van der Waals surface area contributed by atoms with Crippen molar-refractivity contribution in [2.24, 2.45) is 73.9 Å². The van der Waals surface area contributed by atoms with Crippen molar-refractivity contribution in [3.8, 4) is 11.3 Å². The van der Waals surface area contributed by atoms with Crippen LogP contribution in [0.3, 0.4) is 0 Å². The number of non-ortho nitro benzene ring substituents is 1. The van der Waals surface area contributed by atoms with Gasteiger partial charge in [-0.05, 0) is 160 Å². The molecule has 1 saturated heterocycles. The number of aromatic amines is 1. The molecule has 6 saturated carbocycles. The topological polar surface area (TPSA) is 145 Å². The molecular formula is C55H78N4O7. The number of aromatic nitrogens is 2. The second-order valence-corrected chi connectivity index (χ2v) is 24.5. The molecule has 66 heavy (non-hydrogen) atoms. The first-order valence-corrected chi connectivity index (χ1v) is 25.8. The van der Waals surface area contributed by atoms with Gasteiger partial charge in [-0.3, -0.25) is 24.5 Å². The van der Waals surface area contributed by atoms with Crippen LogP contribution in [0, 0.1) is 84.0 Å². The smallest absolute Gasteiger partial charge is 0.309 e. The van der Waals surface area contributed by atoms with E-state index in [1.54, 1.807) is 18.3 Å². The van der Waals surface area contributed by atoms with Crippen LogP contribution in [-0.4, -0.2) is 56.9 Å². The van der Waals surface area contributed by atoms with E-state index in [1.807, 2.05) is 13.8 Å². The molecule has 13 atom stereocenters. The van der Waals surface area contributed by atoms with Gasteiger partial charge in [-0.1, -0.05) is 74.0 Å². The molecule has 1 amide bonds. The first-order valence-electron chi connectivity index (χ1n) is 25.8. The molecule has 2 heterocycles. The largest absolute Gasteiger partial charge is 0.465 e. The van der Waals surface area contributed by atoms with Crippen molar-refractivity contribution < 1.29 is 28.8 Å². The van der Waals surface area contributed by atoms with Crippen LogP contribution >= 0.6 is 0 Å². The number of H-pyrrole nitrogens is 1. The number of benzene rings is 1. The molecule has 1 aliphatic heterocycles. The quantitative estimate of drug-likeness (QED) is 0.0771. The van der Waals surface area contributed by atoms with Crippen molar-refractivity contribution in [3.05, 3.63) is 58.6 Å². The minimum atomic E-state index is -0.489. The van der Waals surface area contributed by atoms with Crippen molar-refractivity contribution in [1.29, 1.82) is 0 Å². The molecule has 6 aliphatic carbocycles. The molecule has 1 N–H and O–H groups in total. The second kappa shape index (κ2) is 16.6. The van der Waals surface area contributed by atoms with Crippen LogP contribution in [0.4, 0.5) is 5.69 Å². The van der Waals surface area contributed by atoms with Gasteiger partial charge in [0.1, 0.15) is 11.9 Å². The lowest BCUT2D eigenvalue weighted by atomic mass is 9.32. The maximum atomic E-state index is 15.6. The van der Waals surface area contributed by atoms with Crippen LogP contribution < -0.4 is 0 Å². The first kappa shape index (κ1) is 47.1. The molecule has 360 valence electrons. The third-order valence-corrected chi connectivity index (χ3v) is 21.1. The highest BCUT2D eigenvalue weighted by atomic mass is 16.6. The Labute approximate surface area is 393 Å². The first-order chi connectivity index (χ1) is 31.2. The molecule has 9 rings (SSSR count). The lowest BCUT2D eigenvalue weighted by molar-refractivity contribution is -0.384. The number of rotatable bonds is 11. The van der Waals surface area contributed by atoms with Crippen molar-refractivity contribution in [1.82, 2.24) is 14.9 Å². The van der Waals surface area contributed by atoms with Gasteiger partial charge in [-0.2, -0.15) is 0 Å². The maximum absolute atomic E-state index is 15.6. The predicted molar refractivity (Wildman–Crippen MR) is 254 cm³/mol. The number of hydrogen-bond donors (Lipinski definition) is 1. The van der Waals surface area contributed by atoms with E-state index in [2.05, 4.69) is 64.9 Å². The highest BCUT2D eigenvalue weighted by Crippen LogP contribution is 2.78. The summed E-state index contributed by atoms with van der Waals surface area (Å²) >= 11 is 0. The molecule has 0 bridgehead atoms. The predicted octanol–water partition coefficient (Wildman–Crippen LogP) is 12.2. The lowest BCUT2D eigenvalue weighted by Gasteiger charge is -2.73. The summed E-state index contributed by atoms with van der Waals surface area (Å²) in [6.07, 6.45) is 16.0. The average Bonchev–Trinajstić information content (AvgIpc) is 4.04. The molecule has 7 aliphatic rings. The summed E-state index contributed by atoms with van der Waals surface area (Å²) in [5, 5.41) is 11.3. The van der Waals surface area contributed by atoms with E-state index in [0.717, 1.165) is 114 Å². The summed E-state index contributed by atoms with van der Waals surface area (Å²) in [5.74, 6) is 2.15. The van der Waals surface area contributed by atoms with Crippen LogP contribution in [0.5, 0.6) is 0 Å². The van der Waals surface area contributed by atoms with Crippen LogP contribution in [0.2, 0.25) is 0 Å². The van der Waals surface area contributed by atoms with Gasteiger partial charge in [0.05, 0.1) is 46.7 Å². The Balaban J connectivity index is 0.926. The van der Waals surface area contributed by atoms with Gasteiger partial charge in [-0.15, -0.1) is 0 Å². The third-order valence-electron chi connectivity index (χ3n) is 21.1. The standard InChI is InChI=1S/C55H78N4O7/c1-11-12-30-65-47(60)38-31-39(50(38,4)5)48(61)66-44-23-24-52(8)42(51(44,6)7)22-25-54(10)43(52)20-19-37-45-36(33(2)3)21-26-55(45,28-27-53(37,54)9)49(62)58-29-13-14-41(58)46-56-32-40(57-46)34-15-17-35(18-16-34)59(63)64/h15-18,32,36-39,41-45H,2,11-14,19-31H2,1,3-10H3,(H,56,57)/t36-,37+,38-,39+,41-,42-,43+,44-,45+,52-,53+,54+,55-/m0/s1. The number of fused-ring (bicyclic) bond motifs is 7. The number of nitro benzene ring substituents is 1. The number of nitro groups is 1. The number of amides is 1. The van der Waals surface area contributed by atoms with Crippen molar-refractivity contribution in [2.45, 2.75) is 171 Å². The minimum absolute atomic E-state index is 0.0521. The maximum Gasteiger partial charge on any atom is 0.309 e. The van der Waals surface area contributed by atoms with Gasteiger partial charge >= 0.3 is 11.9 Å². The van der Waals surface area contributed by atoms with Crippen LogP contribution in [-0.2, 0) is 23.9 Å². The van der Waals surface area contributed by atoms with E-state index in [4.69, 9.17) is 14.5 Å². The second-order valence-electron chi connectivity index (χ2n) is 24.5. The fourth-order valence-electron chi connectivity index (χ4n) is 17.1. The minimum Gasteiger partial charge on any atom is -0.465 e. The number of carbonyl (C=O) groups is 3. The SMILES string of the molecule is C=C(C)[C@@H]1CC[C@]2(C(=O)N3CCC[C@H]3c3ncc(-c4ccc([N+](=O)[O-])cc4)[nH]3)CC[C@]3(C)[C@H](CC[C@@H]4[C@@]5(C)CC[C@H](OC(=O)[C@H]6C[C@@H](C(=O)OCCCC)C6(C)C)C(C)(C)[C@@H]5CC[C@]43C)[C@@H]12. The summed E-state index contributed by atoms with van der Waals surface area (Å²) < 4.78 is 12.2. The summed E-state index contributed by atoms with van der Waals surface area (Å²) in [7, 11) is 0. The summed E-state index contributed by atoms with van der Waals surface area (Å²) in [5.41, 5.74) is 2.07. The Morgan fingerprint density at radius 2 is 1.59 bits per heavy atom. The van der Waals surface area contributed by atoms with E-state index >= 15 is 4.79 Å². The molecule has 0 spiro atoms. The molecule has 11 nitrogen and oxygen atoms in total. The monoisotopic (exact) mass is 907 g/mol. The molecule has 2 aromatic rings.